The van der Waals surface area contributed by atoms with Crippen molar-refractivity contribution in [3.63, 3.8) is 0 Å². The summed E-state index contributed by atoms with van der Waals surface area (Å²) in [6.45, 7) is 1.31. The highest BCUT2D eigenvalue weighted by atomic mass is 35.5. The number of para-hydroxylation sites is 2. The van der Waals surface area contributed by atoms with Gasteiger partial charge in [-0.2, -0.15) is 0 Å². The number of amides is 2. The van der Waals surface area contributed by atoms with Gasteiger partial charge in [0.2, 0.25) is 21.8 Å². The molecule has 1 saturated carbocycles. The second-order valence-electron chi connectivity index (χ2n) is 9.11. The number of carbonyl (C=O) groups is 2. The zero-order chi connectivity index (χ0) is 27.2. The van der Waals surface area contributed by atoms with Crippen LogP contribution in [0.25, 0.3) is 0 Å². The van der Waals surface area contributed by atoms with Gasteiger partial charge in [0.05, 0.1) is 19.1 Å². The summed E-state index contributed by atoms with van der Waals surface area (Å²) >= 11 is 12.5. The molecule has 202 valence electrons. The van der Waals surface area contributed by atoms with Crippen LogP contribution in [0.1, 0.15) is 44.6 Å². The molecule has 2 aromatic rings. The van der Waals surface area contributed by atoms with Crippen LogP contribution in [0.5, 0.6) is 5.75 Å². The maximum absolute atomic E-state index is 13.8. The van der Waals surface area contributed by atoms with Crippen molar-refractivity contribution in [2.24, 2.45) is 0 Å². The number of ether oxygens (including phenoxy) is 1. The predicted octanol–water partition coefficient (Wildman–Crippen LogP) is 4.63. The van der Waals surface area contributed by atoms with E-state index in [2.05, 4.69) is 5.32 Å². The molecule has 0 saturated heterocycles. The number of hydrogen-bond acceptors (Lipinski definition) is 5. The van der Waals surface area contributed by atoms with Gasteiger partial charge in [0.15, 0.2) is 0 Å². The predicted molar refractivity (Wildman–Crippen MR) is 147 cm³/mol. The lowest BCUT2D eigenvalue weighted by molar-refractivity contribution is -0.140. The Labute approximate surface area is 228 Å². The Morgan fingerprint density at radius 2 is 1.81 bits per heavy atom. The quantitative estimate of drug-likeness (QED) is 0.425. The van der Waals surface area contributed by atoms with E-state index in [1.807, 2.05) is 6.92 Å². The van der Waals surface area contributed by atoms with E-state index in [4.69, 9.17) is 27.9 Å². The summed E-state index contributed by atoms with van der Waals surface area (Å²) in [6.07, 6.45) is 5.25. The molecular weight excluding hydrogens is 537 g/mol. The van der Waals surface area contributed by atoms with Crippen LogP contribution in [0.3, 0.4) is 0 Å². The summed E-state index contributed by atoms with van der Waals surface area (Å²) in [5, 5.41) is 3.86. The van der Waals surface area contributed by atoms with Crippen LogP contribution in [0.2, 0.25) is 10.0 Å². The summed E-state index contributed by atoms with van der Waals surface area (Å²) in [4.78, 5) is 28.6. The van der Waals surface area contributed by atoms with Gasteiger partial charge in [-0.1, -0.05) is 61.2 Å². The lowest BCUT2D eigenvalue weighted by atomic mass is 10.1. The Balaban J connectivity index is 1.97. The van der Waals surface area contributed by atoms with Gasteiger partial charge in [-0.15, -0.1) is 0 Å². The molecule has 8 nitrogen and oxygen atoms in total. The minimum Gasteiger partial charge on any atom is -0.495 e. The third-order valence-electron chi connectivity index (χ3n) is 6.48. The zero-order valence-electron chi connectivity index (χ0n) is 21.2. The van der Waals surface area contributed by atoms with Crippen molar-refractivity contribution in [3.05, 3.63) is 58.1 Å². The molecule has 0 radical (unpaired) electrons. The Hall–Kier alpha value is -2.49. The highest BCUT2D eigenvalue weighted by Gasteiger charge is 2.34. The number of methoxy groups -OCH3 is 1. The van der Waals surface area contributed by atoms with E-state index >= 15 is 0 Å². The van der Waals surface area contributed by atoms with Gasteiger partial charge in [0.1, 0.15) is 18.3 Å². The Bertz CT molecular complexity index is 1220. The van der Waals surface area contributed by atoms with Crippen molar-refractivity contribution in [1.82, 2.24) is 10.2 Å². The monoisotopic (exact) mass is 569 g/mol. The summed E-state index contributed by atoms with van der Waals surface area (Å²) in [5.74, 6) is -0.508. The Kier molecular flexibility index (Phi) is 10.1. The smallest absolute Gasteiger partial charge is 0.244 e. The number of sulfonamides is 1. The molecule has 2 aromatic carbocycles. The van der Waals surface area contributed by atoms with Crippen LogP contribution in [0, 0.1) is 0 Å². The van der Waals surface area contributed by atoms with Gasteiger partial charge in [-0.05, 0) is 49.1 Å². The molecular formula is C26H33Cl2N3O5S. The van der Waals surface area contributed by atoms with Crippen LogP contribution in [0.15, 0.2) is 42.5 Å². The number of anilines is 1. The molecule has 1 aliphatic rings. The maximum atomic E-state index is 13.8. The molecule has 2 amide bonds. The first kappa shape index (κ1) is 29.1. The van der Waals surface area contributed by atoms with Gasteiger partial charge in [-0.25, -0.2) is 8.42 Å². The third-order valence-corrected chi connectivity index (χ3v) is 8.19. The summed E-state index contributed by atoms with van der Waals surface area (Å²) in [5.41, 5.74) is 0.823. The molecule has 3 rings (SSSR count). The largest absolute Gasteiger partial charge is 0.495 e. The number of hydrogen-bond donors (Lipinski definition) is 1. The molecule has 1 N–H and O–H groups in total. The molecule has 37 heavy (non-hydrogen) atoms. The van der Waals surface area contributed by atoms with Crippen molar-refractivity contribution in [3.8, 4) is 5.75 Å². The molecule has 0 heterocycles. The van der Waals surface area contributed by atoms with Crippen LogP contribution in [-0.4, -0.2) is 57.1 Å². The molecule has 0 bridgehead atoms. The number of nitrogens with zero attached hydrogens (tertiary/aromatic N) is 2. The summed E-state index contributed by atoms with van der Waals surface area (Å²) in [6, 6.07) is 10.7. The van der Waals surface area contributed by atoms with E-state index in [0.717, 1.165) is 36.2 Å². The molecule has 0 aromatic heterocycles. The minimum atomic E-state index is -3.88. The van der Waals surface area contributed by atoms with Crippen molar-refractivity contribution < 1.29 is 22.7 Å². The number of halogens is 2. The summed E-state index contributed by atoms with van der Waals surface area (Å²) in [7, 11) is -2.45. The maximum Gasteiger partial charge on any atom is 0.244 e. The van der Waals surface area contributed by atoms with Crippen molar-refractivity contribution >= 4 is 50.7 Å². The van der Waals surface area contributed by atoms with Crippen molar-refractivity contribution in [1.29, 1.82) is 0 Å². The van der Waals surface area contributed by atoms with Crippen LogP contribution in [0.4, 0.5) is 5.69 Å². The normalized spacial score (nSPS) is 14.7. The van der Waals surface area contributed by atoms with Crippen LogP contribution >= 0.6 is 23.2 Å². The first-order valence-electron chi connectivity index (χ1n) is 12.2. The molecule has 0 aliphatic heterocycles. The van der Waals surface area contributed by atoms with E-state index in [-0.39, 0.29) is 24.2 Å². The van der Waals surface area contributed by atoms with Crippen LogP contribution < -0.4 is 14.4 Å². The van der Waals surface area contributed by atoms with Crippen molar-refractivity contribution in [2.75, 3.05) is 24.2 Å². The summed E-state index contributed by atoms with van der Waals surface area (Å²) < 4.78 is 31.9. The van der Waals surface area contributed by atoms with Crippen molar-refractivity contribution in [2.45, 2.75) is 57.7 Å². The molecule has 1 atom stereocenters. The van der Waals surface area contributed by atoms with E-state index < -0.39 is 28.5 Å². The number of carbonyl (C=O) groups excluding carboxylic acids is 2. The van der Waals surface area contributed by atoms with E-state index in [0.29, 0.717) is 27.8 Å². The lowest BCUT2D eigenvalue weighted by Gasteiger charge is -2.33. The number of rotatable bonds is 11. The van der Waals surface area contributed by atoms with Gasteiger partial charge in [0, 0.05) is 22.6 Å². The fourth-order valence-electron chi connectivity index (χ4n) is 4.55. The van der Waals surface area contributed by atoms with Crippen LogP contribution in [-0.2, 0) is 26.2 Å². The fraction of sp³-hybridized carbons (Fsp3) is 0.462. The Morgan fingerprint density at radius 1 is 1.14 bits per heavy atom. The fourth-order valence-corrected chi connectivity index (χ4v) is 5.87. The highest BCUT2D eigenvalue weighted by Crippen LogP contribution is 2.30. The average molecular weight is 571 g/mol. The first-order chi connectivity index (χ1) is 17.5. The van der Waals surface area contributed by atoms with E-state index in [1.165, 1.54) is 12.0 Å². The number of benzene rings is 2. The standard InChI is InChI=1S/C26H33Cl2N3O5S/c1-4-22(26(33)29-20-9-5-6-10-20)30(16-18-13-14-19(27)15-21(18)28)25(32)17-31(37(3,34)35)23-11-7-8-12-24(23)36-2/h7-8,11-15,20,22H,4-6,9-10,16-17H2,1-3H3,(H,29,33). The molecule has 1 aliphatic carbocycles. The third kappa shape index (κ3) is 7.52. The lowest BCUT2D eigenvalue weighted by Crippen LogP contribution is -2.53. The minimum absolute atomic E-state index is 0.00888. The average Bonchev–Trinajstić information content (AvgIpc) is 3.35. The van der Waals surface area contributed by atoms with Gasteiger partial charge in [0.25, 0.3) is 0 Å². The topological polar surface area (TPSA) is 96.0 Å². The molecule has 11 heteroatoms. The van der Waals surface area contributed by atoms with Gasteiger partial charge >= 0.3 is 0 Å². The molecule has 1 fully saturated rings. The Morgan fingerprint density at radius 3 is 2.41 bits per heavy atom. The van der Waals surface area contributed by atoms with E-state index in [9.17, 15) is 18.0 Å². The molecule has 1 unspecified atom stereocenters. The first-order valence-corrected chi connectivity index (χ1v) is 14.8. The number of nitrogens with one attached hydrogen (secondary N) is 1. The second kappa shape index (κ2) is 12.8. The zero-order valence-corrected chi connectivity index (χ0v) is 23.6. The van der Waals surface area contributed by atoms with Gasteiger partial charge in [-0.3, -0.25) is 13.9 Å². The van der Waals surface area contributed by atoms with E-state index in [1.54, 1.807) is 42.5 Å². The van der Waals surface area contributed by atoms with Gasteiger partial charge < -0.3 is 15.0 Å². The molecule has 0 spiro atoms. The highest BCUT2D eigenvalue weighted by molar-refractivity contribution is 7.92. The SMILES string of the molecule is CCC(C(=O)NC1CCCC1)N(Cc1ccc(Cl)cc1Cl)C(=O)CN(c1ccccc1OC)S(C)(=O)=O. The second-order valence-corrected chi connectivity index (χ2v) is 11.9.